The quantitative estimate of drug-likeness (QED) is 0.0548. The Bertz CT molecular complexity index is 3320. The molecule has 6 aliphatic rings. The van der Waals surface area contributed by atoms with Crippen LogP contribution in [-0.4, -0.2) is 170 Å². The molecule has 6 atom stereocenters. The Balaban J connectivity index is 0.717. The second-order valence-corrected chi connectivity index (χ2v) is 23.8. The lowest BCUT2D eigenvalue weighted by molar-refractivity contribution is -0.159. The van der Waals surface area contributed by atoms with Crippen LogP contribution in [0.3, 0.4) is 0 Å². The van der Waals surface area contributed by atoms with Gasteiger partial charge in [-0.2, -0.15) is 29.9 Å². The van der Waals surface area contributed by atoms with Crippen molar-refractivity contribution in [1.29, 1.82) is 0 Å². The number of anilines is 8. The highest BCUT2D eigenvalue weighted by Crippen LogP contribution is 2.34. The van der Waals surface area contributed by atoms with E-state index in [0.717, 1.165) is 36.8 Å². The molecule has 0 saturated carbocycles. The van der Waals surface area contributed by atoms with Gasteiger partial charge in [-0.25, -0.2) is 9.59 Å². The maximum absolute atomic E-state index is 14.3. The standard InChI is InChI=1S/C60H73N19O7/c1-60(2,3)86-53(81)49(65-43-22-30-77(31-23-43)55-71-52(73-57(75-55)79-34-46-14-15-47(35-79)85-46)37-6-10-39(11-7-37)67-59(83)69-41-18-26-63-27-19-41)48(50(61)80)64-42-20-28-76(29-21-42)54-70-51(72-56(74-54)78-32-44-12-13-45(33-78)84-44)36-4-8-38(9-5-36)66-58(82)68-40-16-24-62-25-17-40/h4-11,16-19,24-27,42-49,64-65H,12-15,20-23,28-35H2,1-3H3,(H2,61,80)(H2,62,66,68,82)(H2,63,67,69,83). The van der Waals surface area contributed by atoms with Gasteiger partial charge in [-0.05, 0) is 145 Å². The Morgan fingerprint density at radius 3 is 1.16 bits per heavy atom. The first kappa shape index (κ1) is 57.7. The minimum Gasteiger partial charge on any atom is -0.459 e. The van der Waals surface area contributed by atoms with E-state index in [-0.39, 0.29) is 48.6 Å². The third-order valence-electron chi connectivity index (χ3n) is 16.2. The van der Waals surface area contributed by atoms with E-state index in [0.29, 0.717) is 136 Å². The molecule has 26 heteroatoms. The third kappa shape index (κ3) is 14.3. The van der Waals surface area contributed by atoms with Crippen LogP contribution in [0.15, 0.2) is 97.6 Å². The molecule has 0 aliphatic carbocycles. The van der Waals surface area contributed by atoms with Gasteiger partial charge in [0.15, 0.2) is 11.6 Å². The van der Waals surface area contributed by atoms with Gasteiger partial charge in [0, 0.05) is 123 Å². The lowest BCUT2D eigenvalue weighted by Gasteiger charge is -2.39. The number of carbonyl (C=O) groups is 4. The first-order valence-corrected chi connectivity index (χ1v) is 29.7. The van der Waals surface area contributed by atoms with Crippen molar-refractivity contribution in [2.45, 2.75) is 126 Å². The fraction of sp³-hybridized carbons (Fsp3) is 0.467. The van der Waals surface area contributed by atoms with E-state index in [1.54, 1.807) is 69.8 Å². The number of primary amides is 1. The van der Waals surface area contributed by atoms with Crippen LogP contribution < -0.4 is 57.2 Å². The number of carbonyl (C=O) groups excluding carboxylic acids is 4. The summed E-state index contributed by atoms with van der Waals surface area (Å²) in [6.45, 7) is 10.3. The highest BCUT2D eigenvalue weighted by Gasteiger charge is 2.41. The van der Waals surface area contributed by atoms with Crippen molar-refractivity contribution in [1.82, 2.24) is 50.5 Å². The number of esters is 1. The summed E-state index contributed by atoms with van der Waals surface area (Å²) >= 11 is 0. The van der Waals surface area contributed by atoms with E-state index in [9.17, 15) is 19.2 Å². The van der Waals surface area contributed by atoms with Crippen molar-refractivity contribution in [3.63, 3.8) is 0 Å². The van der Waals surface area contributed by atoms with E-state index < -0.39 is 29.6 Å². The normalized spacial score (nSPS) is 21.3. The maximum atomic E-state index is 14.3. The molecule has 8 N–H and O–H groups in total. The largest absolute Gasteiger partial charge is 0.459 e. The third-order valence-corrected chi connectivity index (χ3v) is 16.2. The summed E-state index contributed by atoms with van der Waals surface area (Å²) in [4.78, 5) is 100. The number of ether oxygens (including phenoxy) is 3. The summed E-state index contributed by atoms with van der Waals surface area (Å²) in [6, 6.07) is 18.2. The van der Waals surface area contributed by atoms with Crippen LogP contribution in [0.25, 0.3) is 22.8 Å². The number of nitrogens with zero attached hydrogens (tertiary/aromatic N) is 12. The van der Waals surface area contributed by atoms with Gasteiger partial charge in [0.05, 0.1) is 24.4 Å². The average Bonchev–Trinajstić information content (AvgIpc) is 3.40. The number of amides is 5. The topological polar surface area (TPSA) is 310 Å². The number of aromatic nitrogens is 8. The lowest BCUT2D eigenvalue weighted by Crippen LogP contribution is -2.64. The number of nitrogens with one attached hydrogen (secondary N) is 6. The van der Waals surface area contributed by atoms with Crippen LogP contribution in [0.2, 0.25) is 0 Å². The van der Waals surface area contributed by atoms with Gasteiger partial charge in [0.2, 0.25) is 29.7 Å². The number of nitrogens with two attached hydrogens (primary N) is 1. The number of morpholine rings is 2. The van der Waals surface area contributed by atoms with Gasteiger partial charge in [-0.3, -0.25) is 24.9 Å². The Kier molecular flexibility index (Phi) is 17.1. The van der Waals surface area contributed by atoms with Gasteiger partial charge >= 0.3 is 18.0 Å². The highest BCUT2D eigenvalue weighted by atomic mass is 16.6. The van der Waals surface area contributed by atoms with E-state index in [1.807, 2.05) is 48.5 Å². The monoisotopic (exact) mass is 1170 g/mol. The molecule has 6 aliphatic heterocycles. The van der Waals surface area contributed by atoms with Crippen LogP contribution >= 0.6 is 0 Å². The van der Waals surface area contributed by atoms with Gasteiger partial charge in [0.1, 0.15) is 17.7 Å². The van der Waals surface area contributed by atoms with Crippen LogP contribution in [0.1, 0.15) is 72.1 Å². The first-order chi connectivity index (χ1) is 41.6. The molecule has 5 amide bonds. The molecule has 0 radical (unpaired) electrons. The molecule has 12 rings (SSSR count). The zero-order chi connectivity index (χ0) is 59.3. The number of benzene rings is 2. The summed E-state index contributed by atoms with van der Waals surface area (Å²) in [5.74, 6) is 1.93. The summed E-state index contributed by atoms with van der Waals surface area (Å²) in [5, 5.41) is 18.4. The summed E-state index contributed by atoms with van der Waals surface area (Å²) < 4.78 is 18.4. The van der Waals surface area contributed by atoms with Crippen molar-refractivity contribution >= 4 is 70.5 Å². The van der Waals surface area contributed by atoms with Crippen molar-refractivity contribution < 1.29 is 33.4 Å². The summed E-state index contributed by atoms with van der Waals surface area (Å²) in [7, 11) is 0. The fourth-order valence-electron chi connectivity index (χ4n) is 12.0. The molecule has 2 aromatic carbocycles. The SMILES string of the molecule is CC(C)(C)OC(=O)C(NC1CCN(c2nc(-c3ccc(NC(=O)Nc4ccncc4)cc3)nc(N3CC4CCC(C3)O4)n2)CC1)C(NC1CCN(c2nc(-c3ccc(NC(=O)Nc4ccncc4)cc3)nc(N3CC4CCC(C3)O4)n2)CC1)C(N)=O. The molecule has 10 heterocycles. The molecule has 6 saturated heterocycles. The summed E-state index contributed by atoms with van der Waals surface area (Å²) in [5.41, 5.74) is 9.34. The average molecular weight is 1170 g/mol. The van der Waals surface area contributed by atoms with E-state index in [1.165, 1.54) is 0 Å². The highest BCUT2D eigenvalue weighted by molar-refractivity contribution is 6.00. The minimum absolute atomic E-state index is 0.107. The number of fused-ring (bicyclic) bond motifs is 4. The Morgan fingerprint density at radius 2 is 0.814 bits per heavy atom. The van der Waals surface area contributed by atoms with E-state index in [4.69, 9.17) is 49.8 Å². The zero-order valence-electron chi connectivity index (χ0n) is 48.5. The molecule has 4 aromatic heterocycles. The first-order valence-electron chi connectivity index (χ1n) is 29.7. The van der Waals surface area contributed by atoms with Crippen molar-refractivity contribution in [2.75, 3.05) is 93.2 Å². The summed E-state index contributed by atoms with van der Waals surface area (Å²) in [6.07, 6.45) is 13.2. The molecule has 4 bridgehead atoms. The van der Waals surface area contributed by atoms with Crippen LogP contribution in [0, 0.1) is 0 Å². The lowest BCUT2D eigenvalue weighted by atomic mass is 9.98. The number of hydrogen-bond acceptors (Lipinski definition) is 21. The van der Waals surface area contributed by atoms with Gasteiger partial charge in [-0.15, -0.1) is 0 Å². The molecule has 6 fully saturated rings. The number of rotatable bonds is 17. The van der Waals surface area contributed by atoms with E-state index in [2.05, 4.69) is 61.5 Å². The molecular formula is C60H73N19O7. The van der Waals surface area contributed by atoms with Gasteiger partial charge in [-0.1, -0.05) is 0 Å². The molecule has 6 aromatic rings. The number of urea groups is 2. The van der Waals surface area contributed by atoms with Crippen molar-refractivity contribution in [3.05, 3.63) is 97.6 Å². The Morgan fingerprint density at radius 1 is 0.477 bits per heavy atom. The van der Waals surface area contributed by atoms with Crippen molar-refractivity contribution in [2.24, 2.45) is 5.73 Å². The number of pyridine rings is 2. The zero-order valence-corrected chi connectivity index (χ0v) is 48.5. The predicted molar refractivity (Wildman–Crippen MR) is 324 cm³/mol. The van der Waals surface area contributed by atoms with Crippen LogP contribution in [0.4, 0.5) is 56.1 Å². The molecular weight excluding hydrogens is 1100 g/mol. The van der Waals surface area contributed by atoms with Gasteiger partial charge < -0.3 is 66.1 Å². The van der Waals surface area contributed by atoms with Crippen molar-refractivity contribution in [3.8, 4) is 22.8 Å². The second kappa shape index (κ2) is 25.5. The Labute approximate surface area is 498 Å². The van der Waals surface area contributed by atoms with Crippen LogP contribution in [-0.2, 0) is 23.8 Å². The van der Waals surface area contributed by atoms with E-state index >= 15 is 0 Å². The smallest absolute Gasteiger partial charge is 0.325 e. The number of hydrogen-bond donors (Lipinski definition) is 7. The molecule has 6 unspecified atom stereocenters. The number of piperidine rings is 2. The molecule has 86 heavy (non-hydrogen) atoms. The minimum atomic E-state index is -1.10. The predicted octanol–water partition coefficient (Wildman–Crippen LogP) is 5.59. The molecule has 450 valence electrons. The fourth-order valence-corrected chi connectivity index (χ4v) is 12.0. The van der Waals surface area contributed by atoms with Crippen LogP contribution in [0.5, 0.6) is 0 Å². The molecule has 0 spiro atoms. The van der Waals surface area contributed by atoms with Gasteiger partial charge in [0.25, 0.3) is 0 Å². The Hall–Kier alpha value is -8.72. The molecule has 26 nitrogen and oxygen atoms in total. The maximum Gasteiger partial charge on any atom is 0.325 e. The second-order valence-electron chi connectivity index (χ2n) is 23.8.